The number of piperidine rings is 1. The molecule has 2 fully saturated rings. The normalized spacial score (nSPS) is 26.6. The average molecular weight is 308 g/mol. The van der Waals surface area contributed by atoms with Crippen molar-refractivity contribution < 1.29 is 8.42 Å². The van der Waals surface area contributed by atoms with Crippen LogP contribution in [0.2, 0.25) is 0 Å². The molecule has 0 radical (unpaired) electrons. The van der Waals surface area contributed by atoms with Crippen molar-refractivity contribution in [3.63, 3.8) is 0 Å². The molecule has 1 aromatic carbocycles. The van der Waals surface area contributed by atoms with Crippen molar-refractivity contribution in [2.24, 2.45) is 0 Å². The molecule has 5 heteroatoms. The predicted molar refractivity (Wildman–Crippen MR) is 85.5 cm³/mol. The minimum atomic E-state index is -3.15. The van der Waals surface area contributed by atoms with Crippen molar-refractivity contribution in [2.75, 3.05) is 24.7 Å². The molecule has 116 valence electrons. The van der Waals surface area contributed by atoms with Crippen LogP contribution in [0.1, 0.15) is 31.2 Å². The lowest BCUT2D eigenvalue weighted by atomic mass is 9.97. The lowest BCUT2D eigenvalue weighted by molar-refractivity contribution is 0.188. The van der Waals surface area contributed by atoms with Crippen LogP contribution in [0.25, 0.3) is 0 Å². The van der Waals surface area contributed by atoms with Crippen LogP contribution >= 0.6 is 0 Å². The van der Waals surface area contributed by atoms with E-state index in [0.29, 0.717) is 10.9 Å². The molecule has 1 aromatic rings. The first-order valence-electron chi connectivity index (χ1n) is 7.75. The van der Waals surface area contributed by atoms with Gasteiger partial charge in [-0.25, -0.2) is 8.42 Å². The molecule has 2 heterocycles. The van der Waals surface area contributed by atoms with Gasteiger partial charge in [-0.2, -0.15) is 0 Å². The first kappa shape index (κ1) is 14.9. The van der Waals surface area contributed by atoms with E-state index in [9.17, 15) is 8.42 Å². The van der Waals surface area contributed by atoms with Gasteiger partial charge in [0.15, 0.2) is 9.84 Å². The Morgan fingerprint density at radius 1 is 1.24 bits per heavy atom. The van der Waals surface area contributed by atoms with Gasteiger partial charge in [0.25, 0.3) is 0 Å². The van der Waals surface area contributed by atoms with Gasteiger partial charge in [0, 0.05) is 30.6 Å². The monoisotopic (exact) mass is 308 g/mol. The van der Waals surface area contributed by atoms with Gasteiger partial charge in [-0.1, -0.05) is 6.07 Å². The van der Waals surface area contributed by atoms with E-state index in [1.165, 1.54) is 32.1 Å². The second-order valence-corrected chi connectivity index (χ2v) is 8.46. The predicted octanol–water partition coefficient (Wildman–Crippen LogP) is 2.44. The molecule has 2 atom stereocenters. The molecule has 2 aliphatic rings. The third kappa shape index (κ3) is 3.24. The minimum absolute atomic E-state index is 0.397. The Morgan fingerprint density at radius 2 is 2.05 bits per heavy atom. The Bertz CT molecular complexity index is 627. The lowest BCUT2D eigenvalue weighted by Crippen LogP contribution is -2.42. The Balaban J connectivity index is 1.75. The molecule has 2 unspecified atom stereocenters. The number of rotatable bonds is 3. The molecule has 2 saturated heterocycles. The van der Waals surface area contributed by atoms with E-state index in [1.807, 2.05) is 13.0 Å². The number of nitrogens with one attached hydrogen (secondary N) is 1. The Kier molecular flexibility index (Phi) is 3.97. The molecule has 0 amide bonds. The average Bonchev–Trinajstić information content (AvgIpc) is 2.87. The fourth-order valence-corrected chi connectivity index (χ4v) is 4.21. The van der Waals surface area contributed by atoms with Crippen LogP contribution in [0.15, 0.2) is 23.1 Å². The van der Waals surface area contributed by atoms with Crippen LogP contribution in [0, 0.1) is 6.92 Å². The smallest absolute Gasteiger partial charge is 0.175 e. The van der Waals surface area contributed by atoms with Crippen LogP contribution in [-0.4, -0.2) is 44.7 Å². The molecule has 0 aliphatic carbocycles. The fourth-order valence-electron chi connectivity index (χ4n) is 3.56. The standard InChI is InChI=1S/C16H24N2O2S/c1-12-5-6-15(21(2,19)20)11-16(12)17-13-7-9-18-8-3-4-14(18)10-13/h5-6,11,13-14,17H,3-4,7-10H2,1-2H3. The van der Waals surface area contributed by atoms with Crippen LogP contribution < -0.4 is 5.32 Å². The molecule has 0 spiro atoms. The fraction of sp³-hybridized carbons (Fsp3) is 0.625. The molecule has 4 nitrogen and oxygen atoms in total. The summed E-state index contributed by atoms with van der Waals surface area (Å²) in [6.45, 7) is 4.44. The zero-order valence-corrected chi connectivity index (χ0v) is 13.6. The van der Waals surface area contributed by atoms with E-state index in [-0.39, 0.29) is 0 Å². The number of benzene rings is 1. The van der Waals surface area contributed by atoms with Crippen molar-refractivity contribution in [3.05, 3.63) is 23.8 Å². The van der Waals surface area contributed by atoms with Crippen LogP contribution in [0.4, 0.5) is 5.69 Å². The zero-order valence-electron chi connectivity index (χ0n) is 12.8. The maximum atomic E-state index is 11.7. The molecule has 0 bridgehead atoms. The Morgan fingerprint density at radius 3 is 2.81 bits per heavy atom. The number of hydrogen-bond acceptors (Lipinski definition) is 4. The van der Waals surface area contributed by atoms with Gasteiger partial charge >= 0.3 is 0 Å². The van der Waals surface area contributed by atoms with Crippen LogP contribution in [0.5, 0.6) is 0 Å². The van der Waals surface area contributed by atoms with Gasteiger partial charge in [0.05, 0.1) is 4.90 Å². The van der Waals surface area contributed by atoms with Crippen molar-refractivity contribution in [2.45, 2.75) is 49.6 Å². The summed E-state index contributed by atoms with van der Waals surface area (Å²) in [7, 11) is -3.15. The number of fused-ring (bicyclic) bond motifs is 1. The summed E-state index contributed by atoms with van der Waals surface area (Å²) in [5.41, 5.74) is 2.07. The van der Waals surface area contributed by atoms with Crippen molar-refractivity contribution in [3.8, 4) is 0 Å². The highest BCUT2D eigenvalue weighted by atomic mass is 32.2. The number of sulfone groups is 1. The quantitative estimate of drug-likeness (QED) is 0.932. The second kappa shape index (κ2) is 5.61. The van der Waals surface area contributed by atoms with Crippen molar-refractivity contribution in [1.29, 1.82) is 0 Å². The van der Waals surface area contributed by atoms with Gasteiger partial charge < -0.3 is 10.2 Å². The van der Waals surface area contributed by atoms with Crippen LogP contribution in [-0.2, 0) is 9.84 Å². The van der Waals surface area contributed by atoms with Gasteiger partial charge in [0.2, 0.25) is 0 Å². The highest BCUT2D eigenvalue weighted by Crippen LogP contribution is 2.29. The van der Waals surface area contributed by atoms with E-state index in [1.54, 1.807) is 12.1 Å². The number of aryl methyl sites for hydroxylation is 1. The van der Waals surface area contributed by atoms with E-state index >= 15 is 0 Å². The van der Waals surface area contributed by atoms with E-state index < -0.39 is 9.84 Å². The topological polar surface area (TPSA) is 49.4 Å². The number of nitrogens with zero attached hydrogens (tertiary/aromatic N) is 1. The molecule has 2 aliphatic heterocycles. The molecular formula is C16H24N2O2S. The van der Waals surface area contributed by atoms with Gasteiger partial charge in [-0.3, -0.25) is 0 Å². The molecular weight excluding hydrogens is 284 g/mol. The highest BCUT2D eigenvalue weighted by molar-refractivity contribution is 7.90. The lowest BCUT2D eigenvalue weighted by Gasteiger charge is -2.35. The zero-order chi connectivity index (χ0) is 15.0. The Hall–Kier alpha value is -1.07. The van der Waals surface area contributed by atoms with Gasteiger partial charge in [-0.05, 0) is 56.8 Å². The maximum Gasteiger partial charge on any atom is 0.175 e. The summed E-state index contributed by atoms with van der Waals surface area (Å²) in [6, 6.07) is 6.54. The summed E-state index contributed by atoms with van der Waals surface area (Å²) < 4.78 is 23.4. The third-order valence-corrected chi connectivity index (χ3v) is 5.93. The second-order valence-electron chi connectivity index (χ2n) is 6.45. The van der Waals surface area contributed by atoms with Crippen LogP contribution in [0.3, 0.4) is 0 Å². The Labute approximate surface area is 127 Å². The number of anilines is 1. The van der Waals surface area contributed by atoms with E-state index in [4.69, 9.17) is 0 Å². The summed E-state index contributed by atoms with van der Waals surface area (Å²) in [4.78, 5) is 2.99. The maximum absolute atomic E-state index is 11.7. The largest absolute Gasteiger partial charge is 0.382 e. The third-order valence-electron chi connectivity index (χ3n) is 4.82. The van der Waals surface area contributed by atoms with Crippen molar-refractivity contribution >= 4 is 15.5 Å². The summed E-state index contributed by atoms with van der Waals surface area (Å²) in [5.74, 6) is 0. The molecule has 3 rings (SSSR count). The summed E-state index contributed by atoms with van der Waals surface area (Å²) >= 11 is 0. The van der Waals surface area contributed by atoms with E-state index in [2.05, 4.69) is 10.2 Å². The number of hydrogen-bond donors (Lipinski definition) is 1. The highest BCUT2D eigenvalue weighted by Gasteiger charge is 2.31. The summed E-state index contributed by atoms with van der Waals surface area (Å²) in [5, 5.41) is 3.58. The first-order valence-corrected chi connectivity index (χ1v) is 9.64. The minimum Gasteiger partial charge on any atom is -0.382 e. The van der Waals surface area contributed by atoms with E-state index in [0.717, 1.165) is 30.3 Å². The molecule has 1 N–H and O–H groups in total. The molecule has 0 aromatic heterocycles. The van der Waals surface area contributed by atoms with Gasteiger partial charge in [-0.15, -0.1) is 0 Å². The SMILES string of the molecule is Cc1ccc(S(C)(=O)=O)cc1NC1CCN2CCCC2C1. The molecule has 0 saturated carbocycles. The van der Waals surface area contributed by atoms with Crippen molar-refractivity contribution in [1.82, 2.24) is 4.90 Å². The van der Waals surface area contributed by atoms with Gasteiger partial charge in [0.1, 0.15) is 0 Å². The summed E-state index contributed by atoms with van der Waals surface area (Å²) in [6.07, 6.45) is 6.20. The molecule has 21 heavy (non-hydrogen) atoms. The first-order chi connectivity index (χ1) is 9.93.